The lowest BCUT2D eigenvalue weighted by Gasteiger charge is -2.20. The Hall–Kier alpha value is -0.740. The van der Waals surface area contributed by atoms with Gasteiger partial charge in [0.1, 0.15) is 0 Å². The van der Waals surface area contributed by atoms with Gasteiger partial charge in [-0.05, 0) is 37.6 Å². The van der Waals surface area contributed by atoms with Gasteiger partial charge >= 0.3 is 0 Å². The molecule has 0 spiro atoms. The molecule has 0 bridgehead atoms. The lowest BCUT2D eigenvalue weighted by atomic mass is 10.0. The van der Waals surface area contributed by atoms with Crippen LogP contribution in [0.4, 0.5) is 0 Å². The molecule has 1 unspecified atom stereocenters. The fraction of sp³-hybridized carbons (Fsp3) is 0.400. The molecule has 2 rings (SSSR count). The van der Waals surface area contributed by atoms with Gasteiger partial charge in [0.2, 0.25) is 0 Å². The molecule has 0 aliphatic heterocycles. The van der Waals surface area contributed by atoms with Crippen LogP contribution in [0.25, 0.3) is 0 Å². The van der Waals surface area contributed by atoms with E-state index in [0.717, 1.165) is 30.8 Å². The first-order valence-electron chi connectivity index (χ1n) is 6.95. The molecule has 0 saturated carbocycles. The second-order valence-corrected chi connectivity index (χ2v) is 5.98. The third kappa shape index (κ3) is 3.92. The van der Waals surface area contributed by atoms with Gasteiger partial charge in [-0.3, -0.25) is 4.68 Å². The summed E-state index contributed by atoms with van der Waals surface area (Å²) in [6.07, 6.45) is 2.47. The number of aryl methyl sites for hydroxylation is 1. The molecule has 1 aromatic carbocycles. The van der Waals surface area contributed by atoms with Crippen LogP contribution in [0.15, 0.2) is 24.4 Å². The van der Waals surface area contributed by atoms with Crippen LogP contribution in [0, 0.1) is 0 Å². The molecule has 1 heterocycles. The zero-order chi connectivity index (χ0) is 15.4. The highest BCUT2D eigenvalue weighted by atomic mass is 35.5. The number of halogens is 3. The Morgan fingerprint density at radius 3 is 2.52 bits per heavy atom. The van der Waals surface area contributed by atoms with Crippen LogP contribution in [-0.2, 0) is 13.0 Å². The molecule has 1 atom stereocenters. The van der Waals surface area contributed by atoms with Crippen molar-refractivity contribution in [2.24, 2.45) is 0 Å². The van der Waals surface area contributed by atoms with Crippen molar-refractivity contribution in [3.05, 3.63) is 50.7 Å². The summed E-state index contributed by atoms with van der Waals surface area (Å²) < 4.78 is 1.92. The molecule has 2 aromatic rings. The van der Waals surface area contributed by atoms with Crippen molar-refractivity contribution >= 4 is 34.8 Å². The smallest absolute Gasteiger partial charge is 0.0834 e. The van der Waals surface area contributed by atoms with Gasteiger partial charge in [0.25, 0.3) is 0 Å². The first kappa shape index (κ1) is 16.6. The average Bonchev–Trinajstić information content (AvgIpc) is 2.83. The summed E-state index contributed by atoms with van der Waals surface area (Å²) in [4.78, 5) is 0. The zero-order valence-electron chi connectivity index (χ0n) is 12.0. The van der Waals surface area contributed by atoms with Gasteiger partial charge in [0.05, 0.1) is 33.0 Å². The van der Waals surface area contributed by atoms with Crippen LogP contribution < -0.4 is 5.32 Å². The molecule has 0 saturated heterocycles. The molecule has 0 fully saturated rings. The number of likely N-dealkylation sites (N-methyl/N-ethyl adjacent to an activating group) is 1. The predicted molar refractivity (Wildman–Crippen MR) is 89.5 cm³/mol. The van der Waals surface area contributed by atoms with E-state index in [-0.39, 0.29) is 6.04 Å². The number of benzene rings is 1. The molecule has 0 aliphatic rings. The van der Waals surface area contributed by atoms with Crippen LogP contribution in [0.1, 0.15) is 31.1 Å². The standard InChI is InChI=1S/C15H18Cl3N3/c1-3-19-14(15-13(18)9-20-21(15)4-2)8-10-5-6-11(16)12(17)7-10/h5-7,9,14,19H,3-4,8H2,1-2H3. The number of nitrogens with zero attached hydrogens (tertiary/aromatic N) is 2. The van der Waals surface area contributed by atoms with Crippen molar-refractivity contribution in [3.8, 4) is 0 Å². The minimum absolute atomic E-state index is 0.0854. The van der Waals surface area contributed by atoms with Crippen molar-refractivity contribution in [3.63, 3.8) is 0 Å². The fourth-order valence-corrected chi connectivity index (χ4v) is 2.98. The van der Waals surface area contributed by atoms with E-state index < -0.39 is 0 Å². The molecule has 0 amide bonds. The van der Waals surface area contributed by atoms with E-state index in [4.69, 9.17) is 34.8 Å². The predicted octanol–water partition coefficient (Wildman–Crippen LogP) is 4.76. The van der Waals surface area contributed by atoms with Crippen molar-refractivity contribution in [2.45, 2.75) is 32.9 Å². The van der Waals surface area contributed by atoms with Gasteiger partial charge in [0, 0.05) is 6.54 Å². The normalized spacial score (nSPS) is 12.6. The maximum absolute atomic E-state index is 6.31. The molecule has 21 heavy (non-hydrogen) atoms. The average molecular weight is 347 g/mol. The van der Waals surface area contributed by atoms with E-state index >= 15 is 0 Å². The maximum Gasteiger partial charge on any atom is 0.0834 e. The Balaban J connectivity index is 2.30. The van der Waals surface area contributed by atoms with E-state index in [1.165, 1.54) is 0 Å². The van der Waals surface area contributed by atoms with Crippen LogP contribution in [0.3, 0.4) is 0 Å². The highest BCUT2D eigenvalue weighted by molar-refractivity contribution is 6.42. The maximum atomic E-state index is 6.31. The Labute approximate surface area is 140 Å². The van der Waals surface area contributed by atoms with Gasteiger partial charge in [-0.15, -0.1) is 0 Å². The molecular formula is C15H18Cl3N3. The Morgan fingerprint density at radius 2 is 1.90 bits per heavy atom. The molecule has 114 valence electrons. The van der Waals surface area contributed by atoms with Crippen LogP contribution in [0.2, 0.25) is 15.1 Å². The van der Waals surface area contributed by atoms with E-state index in [1.807, 2.05) is 22.9 Å². The summed E-state index contributed by atoms with van der Waals surface area (Å²) in [5, 5.41) is 9.59. The summed E-state index contributed by atoms with van der Waals surface area (Å²) in [5.74, 6) is 0. The largest absolute Gasteiger partial charge is 0.309 e. The van der Waals surface area contributed by atoms with Gasteiger partial charge in [0.15, 0.2) is 0 Å². The molecule has 0 radical (unpaired) electrons. The third-order valence-electron chi connectivity index (χ3n) is 3.34. The number of hydrogen-bond donors (Lipinski definition) is 1. The summed E-state index contributed by atoms with van der Waals surface area (Å²) in [5.41, 5.74) is 2.11. The molecular weight excluding hydrogens is 329 g/mol. The summed E-state index contributed by atoms with van der Waals surface area (Å²) >= 11 is 18.4. The van der Waals surface area contributed by atoms with Crippen molar-refractivity contribution in [1.29, 1.82) is 0 Å². The van der Waals surface area contributed by atoms with Crippen molar-refractivity contribution < 1.29 is 0 Å². The van der Waals surface area contributed by atoms with Crippen molar-refractivity contribution in [2.75, 3.05) is 6.54 Å². The highest BCUT2D eigenvalue weighted by Crippen LogP contribution is 2.28. The topological polar surface area (TPSA) is 29.9 Å². The number of rotatable bonds is 6. The number of aromatic nitrogens is 2. The fourth-order valence-electron chi connectivity index (χ4n) is 2.38. The first-order valence-corrected chi connectivity index (χ1v) is 8.08. The summed E-state index contributed by atoms with van der Waals surface area (Å²) in [7, 11) is 0. The Kier molecular flexibility index (Phi) is 5.94. The number of nitrogens with one attached hydrogen (secondary N) is 1. The van der Waals surface area contributed by atoms with E-state index in [9.17, 15) is 0 Å². The Morgan fingerprint density at radius 1 is 1.14 bits per heavy atom. The van der Waals surface area contributed by atoms with Crippen LogP contribution in [-0.4, -0.2) is 16.3 Å². The molecule has 1 aromatic heterocycles. The number of hydrogen-bond acceptors (Lipinski definition) is 2. The Bertz CT molecular complexity index is 610. The van der Waals surface area contributed by atoms with Crippen LogP contribution >= 0.6 is 34.8 Å². The second kappa shape index (κ2) is 7.50. The lowest BCUT2D eigenvalue weighted by molar-refractivity contribution is 0.490. The highest BCUT2D eigenvalue weighted by Gasteiger charge is 2.20. The van der Waals surface area contributed by atoms with Gasteiger partial charge < -0.3 is 5.32 Å². The minimum atomic E-state index is 0.0854. The zero-order valence-corrected chi connectivity index (χ0v) is 14.3. The SMILES string of the molecule is CCNC(Cc1ccc(Cl)c(Cl)c1)c1c(Cl)cnn1CC. The van der Waals surface area contributed by atoms with Gasteiger partial charge in [-0.2, -0.15) is 5.10 Å². The third-order valence-corrected chi connectivity index (χ3v) is 4.37. The molecule has 3 nitrogen and oxygen atoms in total. The molecule has 0 aliphatic carbocycles. The van der Waals surface area contributed by atoms with E-state index in [1.54, 1.807) is 6.20 Å². The lowest BCUT2D eigenvalue weighted by Crippen LogP contribution is -2.26. The van der Waals surface area contributed by atoms with E-state index in [0.29, 0.717) is 15.1 Å². The quantitative estimate of drug-likeness (QED) is 0.817. The van der Waals surface area contributed by atoms with Crippen molar-refractivity contribution in [1.82, 2.24) is 15.1 Å². The van der Waals surface area contributed by atoms with E-state index in [2.05, 4.69) is 24.3 Å². The minimum Gasteiger partial charge on any atom is -0.309 e. The summed E-state index contributed by atoms with van der Waals surface area (Å²) in [6, 6.07) is 5.79. The monoisotopic (exact) mass is 345 g/mol. The first-order chi connectivity index (χ1) is 10.1. The summed E-state index contributed by atoms with van der Waals surface area (Å²) in [6.45, 7) is 5.75. The second-order valence-electron chi connectivity index (χ2n) is 4.76. The molecule has 1 N–H and O–H groups in total. The van der Waals surface area contributed by atoms with Crippen LogP contribution in [0.5, 0.6) is 0 Å². The van der Waals surface area contributed by atoms with Gasteiger partial charge in [-0.25, -0.2) is 0 Å². The van der Waals surface area contributed by atoms with Gasteiger partial charge in [-0.1, -0.05) is 47.8 Å². The molecule has 6 heteroatoms.